The quantitative estimate of drug-likeness (QED) is 0.240. The number of fused-ring (bicyclic) bond motifs is 3. The predicted octanol–water partition coefficient (Wildman–Crippen LogP) is 4.68. The molecular weight excluding hydrogens is 424 g/mol. The topological polar surface area (TPSA) is 69.7 Å². The van der Waals surface area contributed by atoms with Crippen LogP contribution in [-0.2, 0) is 19.1 Å². The second-order valence-corrected chi connectivity index (χ2v) is 7.05. The molecule has 0 unspecified atom stereocenters. The molecular formula is C22H19BrO5. The molecule has 0 aromatic heterocycles. The number of hydrogen-bond acceptors (Lipinski definition) is 5. The maximum absolute atomic E-state index is 13.3. The maximum atomic E-state index is 13.3. The molecule has 0 amide bonds. The molecule has 28 heavy (non-hydrogen) atoms. The minimum Gasteiger partial charge on any atom is -0.465 e. The summed E-state index contributed by atoms with van der Waals surface area (Å²) in [5, 5.41) is 3.31. The van der Waals surface area contributed by atoms with Gasteiger partial charge in [0, 0.05) is 10.0 Å². The zero-order valence-corrected chi connectivity index (χ0v) is 17.1. The van der Waals surface area contributed by atoms with Gasteiger partial charge in [0.2, 0.25) is 5.92 Å². The van der Waals surface area contributed by atoms with Gasteiger partial charge in [-0.15, -0.1) is 0 Å². The third-order valence-corrected chi connectivity index (χ3v) is 4.89. The first-order valence-electron chi connectivity index (χ1n) is 8.96. The number of ether oxygens (including phenoxy) is 2. The number of Topliss-reactive ketones (excluding diaryl/α,β-unsaturated/α-hetero) is 1. The van der Waals surface area contributed by atoms with Crippen LogP contribution in [0.25, 0.3) is 21.5 Å². The Morgan fingerprint density at radius 1 is 0.857 bits per heavy atom. The predicted molar refractivity (Wildman–Crippen MR) is 110 cm³/mol. The second-order valence-electron chi connectivity index (χ2n) is 6.14. The molecule has 0 aliphatic rings. The molecule has 0 heterocycles. The van der Waals surface area contributed by atoms with Crippen LogP contribution in [0.3, 0.4) is 0 Å². The van der Waals surface area contributed by atoms with Gasteiger partial charge in [-0.2, -0.15) is 0 Å². The van der Waals surface area contributed by atoms with Gasteiger partial charge in [0.05, 0.1) is 13.2 Å². The highest BCUT2D eigenvalue weighted by Gasteiger charge is 2.38. The van der Waals surface area contributed by atoms with Crippen LogP contribution in [0.4, 0.5) is 0 Å². The number of hydrogen-bond donors (Lipinski definition) is 0. The summed E-state index contributed by atoms with van der Waals surface area (Å²) in [6.45, 7) is 3.36. The molecule has 0 atom stereocenters. The molecule has 0 spiro atoms. The number of benzene rings is 3. The summed E-state index contributed by atoms with van der Waals surface area (Å²) in [4.78, 5) is 38.1. The SMILES string of the molecule is CCOC(=O)C(C(=O)OCC)C(=O)c1cc2ccccc2c2cc(Br)ccc12. The molecule has 0 aliphatic carbocycles. The van der Waals surface area contributed by atoms with Crippen molar-refractivity contribution >= 4 is 55.2 Å². The van der Waals surface area contributed by atoms with Crippen LogP contribution < -0.4 is 0 Å². The van der Waals surface area contributed by atoms with E-state index in [4.69, 9.17) is 9.47 Å². The van der Waals surface area contributed by atoms with Crippen LogP contribution >= 0.6 is 15.9 Å². The highest BCUT2D eigenvalue weighted by atomic mass is 79.9. The lowest BCUT2D eigenvalue weighted by molar-refractivity contribution is -0.158. The van der Waals surface area contributed by atoms with E-state index in [1.165, 1.54) is 0 Å². The first kappa shape index (κ1) is 20.0. The summed E-state index contributed by atoms with van der Waals surface area (Å²) in [5.74, 6) is -4.07. The molecule has 5 nitrogen and oxygen atoms in total. The Kier molecular flexibility index (Phi) is 6.09. The van der Waals surface area contributed by atoms with Crippen molar-refractivity contribution in [2.45, 2.75) is 13.8 Å². The molecule has 0 bridgehead atoms. The van der Waals surface area contributed by atoms with E-state index in [2.05, 4.69) is 15.9 Å². The van der Waals surface area contributed by atoms with Crippen LogP contribution in [0, 0.1) is 5.92 Å². The Balaban J connectivity index is 2.23. The molecule has 0 saturated heterocycles. The number of esters is 2. The van der Waals surface area contributed by atoms with Crippen molar-refractivity contribution in [2.75, 3.05) is 13.2 Å². The van der Waals surface area contributed by atoms with Crippen molar-refractivity contribution < 1.29 is 23.9 Å². The van der Waals surface area contributed by atoms with Crippen LogP contribution in [0.5, 0.6) is 0 Å². The fourth-order valence-corrected chi connectivity index (χ4v) is 3.56. The fraction of sp³-hybridized carbons (Fsp3) is 0.227. The van der Waals surface area contributed by atoms with E-state index in [1.807, 2.05) is 36.4 Å². The fourth-order valence-electron chi connectivity index (χ4n) is 3.20. The number of ketones is 1. The summed E-state index contributed by atoms with van der Waals surface area (Å²) < 4.78 is 10.8. The van der Waals surface area contributed by atoms with Crippen LogP contribution in [0.1, 0.15) is 24.2 Å². The third-order valence-electron chi connectivity index (χ3n) is 4.39. The van der Waals surface area contributed by atoms with Gasteiger partial charge in [0.15, 0.2) is 5.78 Å². The van der Waals surface area contributed by atoms with Gasteiger partial charge in [-0.3, -0.25) is 14.4 Å². The summed E-state index contributed by atoms with van der Waals surface area (Å²) in [6.07, 6.45) is 0. The Hall–Kier alpha value is -2.73. The molecule has 0 fully saturated rings. The maximum Gasteiger partial charge on any atom is 0.328 e. The lowest BCUT2D eigenvalue weighted by Gasteiger charge is -2.16. The summed E-state index contributed by atoms with van der Waals surface area (Å²) >= 11 is 3.46. The van der Waals surface area contributed by atoms with E-state index < -0.39 is 23.6 Å². The highest BCUT2D eigenvalue weighted by molar-refractivity contribution is 9.10. The van der Waals surface area contributed by atoms with E-state index in [0.717, 1.165) is 20.6 Å². The standard InChI is InChI=1S/C22H19BrO5/c1-3-27-21(25)19(22(26)28-4-2)20(24)18-11-13-7-5-6-8-15(13)17-12-14(23)9-10-16(17)18/h5-12,19H,3-4H2,1-2H3. The average molecular weight is 443 g/mol. The average Bonchev–Trinajstić information content (AvgIpc) is 2.67. The lowest BCUT2D eigenvalue weighted by atomic mass is 9.90. The van der Waals surface area contributed by atoms with E-state index in [9.17, 15) is 14.4 Å². The van der Waals surface area contributed by atoms with Crippen molar-refractivity contribution in [3.63, 3.8) is 0 Å². The number of carbonyl (C=O) groups is 3. The van der Waals surface area contributed by atoms with E-state index in [0.29, 0.717) is 5.39 Å². The molecule has 0 radical (unpaired) electrons. The normalized spacial score (nSPS) is 11.0. The molecule has 3 rings (SSSR count). The summed E-state index contributed by atoms with van der Waals surface area (Å²) in [7, 11) is 0. The Bertz CT molecular complexity index is 1060. The van der Waals surface area contributed by atoms with E-state index >= 15 is 0 Å². The Labute approximate surface area is 170 Å². The smallest absolute Gasteiger partial charge is 0.328 e. The van der Waals surface area contributed by atoms with Gasteiger partial charge in [-0.25, -0.2) is 0 Å². The molecule has 3 aromatic rings. The highest BCUT2D eigenvalue weighted by Crippen LogP contribution is 2.32. The van der Waals surface area contributed by atoms with Gasteiger partial charge < -0.3 is 9.47 Å². The first-order chi connectivity index (χ1) is 13.5. The van der Waals surface area contributed by atoms with Crippen LogP contribution in [0.15, 0.2) is 53.0 Å². The second kappa shape index (κ2) is 8.52. The molecule has 6 heteroatoms. The minimum absolute atomic E-state index is 0.0629. The van der Waals surface area contributed by atoms with Gasteiger partial charge >= 0.3 is 11.9 Å². The molecule has 0 N–H and O–H groups in total. The molecule has 0 aliphatic heterocycles. The largest absolute Gasteiger partial charge is 0.465 e. The Morgan fingerprint density at radius 3 is 2.14 bits per heavy atom. The van der Waals surface area contributed by atoms with Crippen molar-refractivity contribution in [1.82, 2.24) is 0 Å². The van der Waals surface area contributed by atoms with Gasteiger partial charge in [-0.05, 0) is 53.6 Å². The van der Waals surface area contributed by atoms with E-state index in [-0.39, 0.29) is 18.8 Å². The van der Waals surface area contributed by atoms with Crippen LogP contribution in [0.2, 0.25) is 0 Å². The molecule has 0 saturated carbocycles. The number of rotatable bonds is 6. The van der Waals surface area contributed by atoms with Crippen molar-refractivity contribution in [3.05, 3.63) is 58.6 Å². The molecule has 3 aromatic carbocycles. The Morgan fingerprint density at radius 2 is 1.50 bits per heavy atom. The first-order valence-corrected chi connectivity index (χ1v) is 9.75. The summed E-state index contributed by atoms with van der Waals surface area (Å²) in [6, 6.07) is 14.9. The minimum atomic E-state index is -1.65. The van der Waals surface area contributed by atoms with Gasteiger partial charge in [0.25, 0.3) is 0 Å². The molecule has 144 valence electrons. The summed E-state index contributed by atoms with van der Waals surface area (Å²) in [5.41, 5.74) is 0.285. The van der Waals surface area contributed by atoms with Crippen molar-refractivity contribution in [2.24, 2.45) is 5.92 Å². The van der Waals surface area contributed by atoms with Crippen LogP contribution in [-0.4, -0.2) is 30.9 Å². The zero-order valence-electron chi connectivity index (χ0n) is 15.5. The lowest BCUT2D eigenvalue weighted by Crippen LogP contribution is -2.35. The van der Waals surface area contributed by atoms with Crippen molar-refractivity contribution in [3.8, 4) is 0 Å². The third kappa shape index (κ3) is 3.78. The number of carbonyl (C=O) groups excluding carboxylic acids is 3. The number of halogens is 1. The van der Waals surface area contributed by atoms with Gasteiger partial charge in [-0.1, -0.05) is 46.3 Å². The zero-order chi connectivity index (χ0) is 20.3. The monoisotopic (exact) mass is 442 g/mol. The van der Waals surface area contributed by atoms with Crippen molar-refractivity contribution in [1.29, 1.82) is 0 Å². The van der Waals surface area contributed by atoms with E-state index in [1.54, 1.807) is 26.0 Å². The van der Waals surface area contributed by atoms with Gasteiger partial charge in [0.1, 0.15) is 0 Å².